The summed E-state index contributed by atoms with van der Waals surface area (Å²) in [4.78, 5) is 0.975. The lowest BCUT2D eigenvalue weighted by Gasteiger charge is -2.03. The van der Waals surface area contributed by atoms with Gasteiger partial charge in [0.05, 0.1) is 4.90 Å². The minimum absolute atomic E-state index is 0.757. The molecule has 0 heterocycles. The Kier molecular flexibility index (Phi) is 2.06. The average Bonchev–Trinajstić information content (AvgIpc) is 1.88. The van der Waals surface area contributed by atoms with Gasteiger partial charge in [-0.2, -0.15) is 0 Å². The van der Waals surface area contributed by atoms with Crippen LogP contribution in [-0.2, 0) is 0 Å². The van der Waals surface area contributed by atoms with Gasteiger partial charge in [-0.05, 0) is 18.4 Å². The highest BCUT2D eigenvalue weighted by Crippen LogP contribution is 2.28. The fraction of sp³-hybridized carbons (Fsp3) is 0.143. The summed E-state index contributed by atoms with van der Waals surface area (Å²) in [5.74, 6) is 0. The number of nitrogen functional groups attached to an aromatic ring is 2. The van der Waals surface area contributed by atoms with E-state index in [1.54, 1.807) is 11.8 Å². The van der Waals surface area contributed by atoms with Gasteiger partial charge in [0.2, 0.25) is 0 Å². The van der Waals surface area contributed by atoms with Crippen LogP contribution in [0.15, 0.2) is 23.1 Å². The molecule has 0 bridgehead atoms. The van der Waals surface area contributed by atoms with E-state index in [9.17, 15) is 0 Å². The second kappa shape index (κ2) is 2.84. The highest BCUT2D eigenvalue weighted by molar-refractivity contribution is 7.99. The Bertz CT molecular complexity index is 215. The maximum atomic E-state index is 5.63. The fourth-order valence-electron chi connectivity index (χ4n) is 0.809. The van der Waals surface area contributed by atoms with Crippen LogP contribution in [0.4, 0.5) is 11.4 Å². The molecule has 0 saturated heterocycles. The third kappa shape index (κ3) is 1.19. The third-order valence-corrected chi connectivity index (χ3v) is 2.16. The first-order valence-electron chi connectivity index (χ1n) is 2.93. The van der Waals surface area contributed by atoms with Crippen molar-refractivity contribution in [1.82, 2.24) is 0 Å². The van der Waals surface area contributed by atoms with Crippen LogP contribution in [-0.4, -0.2) is 6.26 Å². The molecule has 0 aliphatic carbocycles. The molecule has 1 aromatic carbocycles. The van der Waals surface area contributed by atoms with E-state index < -0.39 is 0 Å². The summed E-state index contributed by atoms with van der Waals surface area (Å²) in [6, 6.07) is 5.55. The minimum Gasteiger partial charge on any atom is -0.398 e. The van der Waals surface area contributed by atoms with Crippen molar-refractivity contribution in [2.45, 2.75) is 4.90 Å². The molecule has 0 spiro atoms. The van der Waals surface area contributed by atoms with Crippen LogP contribution >= 0.6 is 11.8 Å². The maximum absolute atomic E-state index is 5.63. The lowest BCUT2D eigenvalue weighted by Crippen LogP contribution is -1.93. The van der Waals surface area contributed by atoms with Crippen LogP contribution < -0.4 is 11.5 Å². The van der Waals surface area contributed by atoms with Crippen molar-refractivity contribution in [3.8, 4) is 0 Å². The number of rotatable bonds is 1. The molecule has 0 amide bonds. The summed E-state index contributed by atoms with van der Waals surface area (Å²) < 4.78 is 0. The van der Waals surface area contributed by atoms with Crippen molar-refractivity contribution in [3.05, 3.63) is 18.2 Å². The van der Waals surface area contributed by atoms with Crippen molar-refractivity contribution in [1.29, 1.82) is 0 Å². The average molecular weight is 154 g/mol. The first kappa shape index (κ1) is 7.28. The molecule has 0 saturated carbocycles. The summed E-state index contributed by atoms with van der Waals surface area (Å²) in [6.07, 6.45) is 1.96. The van der Waals surface area contributed by atoms with Gasteiger partial charge >= 0.3 is 0 Å². The molecule has 1 rings (SSSR count). The second-order valence-electron chi connectivity index (χ2n) is 1.97. The van der Waals surface area contributed by atoms with Crippen LogP contribution in [0.2, 0.25) is 0 Å². The van der Waals surface area contributed by atoms with Gasteiger partial charge in [-0.1, -0.05) is 6.07 Å². The Hall–Kier alpha value is -0.830. The van der Waals surface area contributed by atoms with Gasteiger partial charge in [-0.3, -0.25) is 0 Å². The highest BCUT2D eigenvalue weighted by Gasteiger charge is 1.99. The molecule has 2 nitrogen and oxygen atoms in total. The molecular weight excluding hydrogens is 144 g/mol. The number of hydrogen-bond acceptors (Lipinski definition) is 3. The quantitative estimate of drug-likeness (QED) is 0.477. The lowest BCUT2D eigenvalue weighted by atomic mass is 10.3. The van der Waals surface area contributed by atoms with E-state index >= 15 is 0 Å². The number of benzene rings is 1. The van der Waals surface area contributed by atoms with E-state index in [4.69, 9.17) is 11.5 Å². The molecule has 3 heteroatoms. The smallest absolute Gasteiger partial charge is 0.0529 e. The minimum atomic E-state index is 0.757. The normalized spacial score (nSPS) is 9.70. The van der Waals surface area contributed by atoms with Gasteiger partial charge < -0.3 is 11.5 Å². The predicted octanol–water partition coefficient (Wildman–Crippen LogP) is 1.57. The third-order valence-electron chi connectivity index (χ3n) is 1.28. The van der Waals surface area contributed by atoms with Crippen molar-refractivity contribution in [2.24, 2.45) is 0 Å². The summed E-state index contributed by atoms with van der Waals surface area (Å²) >= 11 is 1.57. The van der Waals surface area contributed by atoms with Crippen LogP contribution in [0.25, 0.3) is 0 Å². The van der Waals surface area contributed by atoms with Crippen LogP contribution in [0, 0.1) is 0 Å². The molecule has 1 aromatic rings. The van der Waals surface area contributed by atoms with Gasteiger partial charge in [-0.25, -0.2) is 0 Å². The van der Waals surface area contributed by atoms with E-state index in [0.717, 1.165) is 16.3 Å². The molecule has 0 fully saturated rings. The van der Waals surface area contributed by atoms with Crippen LogP contribution in [0.5, 0.6) is 0 Å². The van der Waals surface area contributed by atoms with Gasteiger partial charge in [0.25, 0.3) is 0 Å². The Morgan fingerprint density at radius 3 is 2.00 bits per heavy atom. The molecule has 4 N–H and O–H groups in total. The van der Waals surface area contributed by atoms with Crippen molar-refractivity contribution in [3.63, 3.8) is 0 Å². The SMILES string of the molecule is CSc1c(N)cccc1N. The molecule has 54 valence electrons. The van der Waals surface area contributed by atoms with Crippen molar-refractivity contribution in [2.75, 3.05) is 17.7 Å². The first-order valence-corrected chi connectivity index (χ1v) is 4.16. The largest absolute Gasteiger partial charge is 0.398 e. The Morgan fingerprint density at radius 1 is 1.20 bits per heavy atom. The number of hydrogen-bond donors (Lipinski definition) is 2. The van der Waals surface area contributed by atoms with E-state index in [-0.39, 0.29) is 0 Å². The summed E-state index contributed by atoms with van der Waals surface area (Å²) in [6.45, 7) is 0. The Morgan fingerprint density at radius 2 is 1.70 bits per heavy atom. The van der Waals surface area contributed by atoms with Crippen molar-refractivity contribution < 1.29 is 0 Å². The van der Waals surface area contributed by atoms with Gasteiger partial charge in [-0.15, -0.1) is 11.8 Å². The van der Waals surface area contributed by atoms with Crippen LogP contribution in [0.1, 0.15) is 0 Å². The standard InChI is InChI=1S/C7H10N2S/c1-10-7-5(8)3-2-4-6(7)9/h2-4H,8-9H2,1H3. The van der Waals surface area contributed by atoms with E-state index in [1.165, 1.54) is 0 Å². The lowest BCUT2D eigenvalue weighted by molar-refractivity contribution is 1.47. The molecule has 0 unspecified atom stereocenters. The number of nitrogens with two attached hydrogens (primary N) is 2. The van der Waals surface area contributed by atoms with Crippen molar-refractivity contribution >= 4 is 23.1 Å². The molecular formula is C7H10N2S. The molecule has 10 heavy (non-hydrogen) atoms. The van der Waals surface area contributed by atoms with E-state index in [1.807, 2.05) is 24.5 Å². The summed E-state index contributed by atoms with van der Waals surface area (Å²) in [7, 11) is 0. The Balaban J connectivity index is 3.17. The van der Waals surface area contributed by atoms with Gasteiger partial charge in [0, 0.05) is 11.4 Å². The maximum Gasteiger partial charge on any atom is 0.0529 e. The van der Waals surface area contributed by atoms with E-state index in [2.05, 4.69) is 0 Å². The predicted molar refractivity (Wildman–Crippen MR) is 47.0 cm³/mol. The van der Waals surface area contributed by atoms with Gasteiger partial charge in [0.15, 0.2) is 0 Å². The Labute approximate surface area is 64.6 Å². The van der Waals surface area contributed by atoms with E-state index in [0.29, 0.717) is 0 Å². The molecule has 0 aromatic heterocycles. The summed E-state index contributed by atoms with van der Waals surface area (Å²) in [5.41, 5.74) is 12.8. The zero-order chi connectivity index (χ0) is 7.56. The monoisotopic (exact) mass is 154 g/mol. The summed E-state index contributed by atoms with van der Waals surface area (Å²) in [5, 5.41) is 0. The zero-order valence-electron chi connectivity index (χ0n) is 5.79. The van der Waals surface area contributed by atoms with Gasteiger partial charge in [0.1, 0.15) is 0 Å². The van der Waals surface area contributed by atoms with Crippen LogP contribution in [0.3, 0.4) is 0 Å². The zero-order valence-corrected chi connectivity index (χ0v) is 6.61. The highest BCUT2D eigenvalue weighted by atomic mass is 32.2. The fourth-order valence-corrected chi connectivity index (χ4v) is 1.42. The first-order chi connectivity index (χ1) is 4.75. The molecule has 0 aliphatic rings. The number of thioether (sulfide) groups is 1. The number of anilines is 2. The topological polar surface area (TPSA) is 52.0 Å². The molecule has 0 atom stereocenters. The molecule has 0 aliphatic heterocycles. The molecule has 0 radical (unpaired) electrons. The second-order valence-corrected chi connectivity index (χ2v) is 2.79.